The van der Waals surface area contributed by atoms with Crippen LogP contribution < -0.4 is 0 Å². The second-order valence-corrected chi connectivity index (χ2v) is 3.91. The van der Waals surface area contributed by atoms with Crippen molar-refractivity contribution in [3.8, 4) is 17.1 Å². The van der Waals surface area contributed by atoms with E-state index in [1.807, 2.05) is 30.3 Å². The molecule has 5 nitrogen and oxygen atoms in total. The lowest BCUT2D eigenvalue weighted by Crippen LogP contribution is -2.02. The fraction of sp³-hybridized carbons (Fsp3) is 0. The Labute approximate surface area is 109 Å². The highest BCUT2D eigenvalue weighted by Crippen LogP contribution is 2.24. The zero-order chi connectivity index (χ0) is 13.1. The van der Waals surface area contributed by atoms with E-state index in [1.165, 1.54) is 12.5 Å². The number of nitrogens with zero attached hydrogens (tertiary/aromatic N) is 4. The minimum atomic E-state index is 0.532. The Kier molecular flexibility index (Phi) is 2.86. The number of hydrogen-bond donors (Lipinski definition) is 0. The second-order valence-electron chi connectivity index (χ2n) is 3.91. The van der Waals surface area contributed by atoms with E-state index in [0.29, 0.717) is 11.4 Å². The Morgan fingerprint density at radius 1 is 1.11 bits per heavy atom. The van der Waals surface area contributed by atoms with Gasteiger partial charge in [-0.15, -0.1) is 0 Å². The topological polar surface area (TPSA) is 60.7 Å². The van der Waals surface area contributed by atoms with Crippen molar-refractivity contribution in [1.29, 1.82) is 0 Å². The molecule has 1 aromatic carbocycles. The third kappa shape index (κ3) is 2.01. The van der Waals surface area contributed by atoms with Gasteiger partial charge in [0.25, 0.3) is 0 Å². The van der Waals surface area contributed by atoms with Crippen molar-refractivity contribution in [1.82, 2.24) is 19.7 Å². The van der Waals surface area contributed by atoms with Crippen LogP contribution in [0.1, 0.15) is 10.4 Å². The molecule has 0 N–H and O–H groups in total. The van der Waals surface area contributed by atoms with Gasteiger partial charge in [-0.1, -0.05) is 30.3 Å². The zero-order valence-electron chi connectivity index (χ0n) is 9.97. The summed E-state index contributed by atoms with van der Waals surface area (Å²) in [5, 5.41) is 4.23. The normalized spacial score (nSPS) is 10.3. The molecule has 0 atom stereocenters. The van der Waals surface area contributed by atoms with E-state index in [2.05, 4.69) is 15.1 Å². The zero-order valence-corrected chi connectivity index (χ0v) is 9.97. The summed E-state index contributed by atoms with van der Waals surface area (Å²) in [5.41, 5.74) is 2.18. The summed E-state index contributed by atoms with van der Waals surface area (Å²) in [6.07, 6.45) is 5.43. The molecule has 19 heavy (non-hydrogen) atoms. The first-order valence-electron chi connectivity index (χ1n) is 5.75. The summed E-state index contributed by atoms with van der Waals surface area (Å²) in [6.45, 7) is 0. The highest BCUT2D eigenvalue weighted by atomic mass is 16.1. The van der Waals surface area contributed by atoms with E-state index in [-0.39, 0.29) is 0 Å². The molecule has 0 unspecified atom stereocenters. The fourth-order valence-corrected chi connectivity index (χ4v) is 1.92. The molecule has 0 aliphatic heterocycles. The summed E-state index contributed by atoms with van der Waals surface area (Å²) in [5.74, 6) is 0.627. The summed E-state index contributed by atoms with van der Waals surface area (Å²) >= 11 is 0. The standard InChI is InChI=1S/C14H10N4O/c19-9-12-8-17-18(13-6-7-15-10-16-13)14(12)11-4-2-1-3-5-11/h1-10H. The fourth-order valence-electron chi connectivity index (χ4n) is 1.92. The maximum absolute atomic E-state index is 11.2. The summed E-state index contributed by atoms with van der Waals surface area (Å²) < 4.78 is 1.64. The van der Waals surface area contributed by atoms with Crippen LogP contribution in [0.2, 0.25) is 0 Å². The van der Waals surface area contributed by atoms with Gasteiger partial charge in [0.2, 0.25) is 0 Å². The van der Waals surface area contributed by atoms with Gasteiger partial charge in [0.1, 0.15) is 6.33 Å². The monoisotopic (exact) mass is 250 g/mol. The van der Waals surface area contributed by atoms with Crippen molar-refractivity contribution < 1.29 is 4.79 Å². The van der Waals surface area contributed by atoms with Crippen molar-refractivity contribution in [2.24, 2.45) is 0 Å². The van der Waals surface area contributed by atoms with Crippen LogP contribution in [0.25, 0.3) is 17.1 Å². The molecule has 0 saturated carbocycles. The minimum absolute atomic E-state index is 0.532. The maximum atomic E-state index is 11.2. The number of carbonyl (C=O) groups is 1. The lowest BCUT2D eigenvalue weighted by atomic mass is 10.1. The molecule has 5 heteroatoms. The van der Waals surface area contributed by atoms with E-state index in [9.17, 15) is 4.79 Å². The summed E-state index contributed by atoms with van der Waals surface area (Å²) in [7, 11) is 0. The van der Waals surface area contributed by atoms with Gasteiger partial charge in [0, 0.05) is 17.8 Å². The first-order valence-corrected chi connectivity index (χ1v) is 5.75. The molecule has 3 aromatic rings. The number of carbonyl (C=O) groups excluding carboxylic acids is 1. The van der Waals surface area contributed by atoms with E-state index in [4.69, 9.17) is 0 Å². The summed E-state index contributed by atoms with van der Waals surface area (Å²) in [6, 6.07) is 11.4. The largest absolute Gasteiger partial charge is 0.298 e. The van der Waals surface area contributed by atoms with Gasteiger partial charge < -0.3 is 0 Å². The smallest absolute Gasteiger partial charge is 0.157 e. The van der Waals surface area contributed by atoms with Gasteiger partial charge in [0.05, 0.1) is 17.5 Å². The van der Waals surface area contributed by atoms with Crippen LogP contribution in [0, 0.1) is 0 Å². The van der Waals surface area contributed by atoms with E-state index >= 15 is 0 Å². The van der Waals surface area contributed by atoms with Crippen LogP contribution in [-0.2, 0) is 0 Å². The van der Waals surface area contributed by atoms with Crippen LogP contribution in [0.3, 0.4) is 0 Å². The molecule has 2 aromatic heterocycles. The Hall–Kier alpha value is -2.82. The average Bonchev–Trinajstić information content (AvgIpc) is 2.93. The van der Waals surface area contributed by atoms with E-state index in [0.717, 1.165) is 17.5 Å². The molecule has 0 aliphatic carbocycles. The Balaban J connectivity index is 2.23. The van der Waals surface area contributed by atoms with Crippen LogP contribution >= 0.6 is 0 Å². The molecule has 0 bridgehead atoms. The van der Waals surface area contributed by atoms with Crippen molar-refractivity contribution in [2.75, 3.05) is 0 Å². The predicted octanol–water partition coefficient (Wildman–Crippen LogP) is 2.14. The van der Waals surface area contributed by atoms with Crippen LogP contribution in [0.15, 0.2) is 55.1 Å². The lowest BCUT2D eigenvalue weighted by molar-refractivity contribution is 0.112. The van der Waals surface area contributed by atoms with Crippen molar-refractivity contribution in [3.05, 3.63) is 60.7 Å². The Bertz CT molecular complexity index is 692. The molecule has 92 valence electrons. The molecule has 0 saturated heterocycles. The molecule has 0 fully saturated rings. The third-order valence-electron chi connectivity index (χ3n) is 2.76. The number of rotatable bonds is 3. The molecular weight excluding hydrogens is 240 g/mol. The maximum Gasteiger partial charge on any atom is 0.157 e. The molecule has 0 spiro atoms. The number of benzene rings is 1. The number of hydrogen-bond acceptors (Lipinski definition) is 4. The minimum Gasteiger partial charge on any atom is -0.298 e. The van der Waals surface area contributed by atoms with Gasteiger partial charge in [-0.3, -0.25) is 4.79 Å². The van der Waals surface area contributed by atoms with E-state index < -0.39 is 0 Å². The van der Waals surface area contributed by atoms with Gasteiger partial charge in [-0.2, -0.15) is 5.10 Å². The number of aldehydes is 1. The molecule has 0 radical (unpaired) electrons. The third-order valence-corrected chi connectivity index (χ3v) is 2.76. The van der Waals surface area contributed by atoms with Crippen LogP contribution in [0.4, 0.5) is 0 Å². The highest BCUT2D eigenvalue weighted by Gasteiger charge is 2.14. The number of aromatic nitrogens is 4. The van der Waals surface area contributed by atoms with Crippen molar-refractivity contribution in [2.45, 2.75) is 0 Å². The van der Waals surface area contributed by atoms with Crippen LogP contribution in [0.5, 0.6) is 0 Å². The Morgan fingerprint density at radius 3 is 2.63 bits per heavy atom. The van der Waals surface area contributed by atoms with Gasteiger partial charge in [0.15, 0.2) is 12.1 Å². The highest BCUT2D eigenvalue weighted by molar-refractivity contribution is 5.86. The quantitative estimate of drug-likeness (QED) is 0.668. The average molecular weight is 250 g/mol. The van der Waals surface area contributed by atoms with Crippen LogP contribution in [-0.4, -0.2) is 26.0 Å². The molecular formula is C14H10N4O. The summed E-state index contributed by atoms with van der Waals surface area (Å²) in [4.78, 5) is 19.2. The van der Waals surface area contributed by atoms with E-state index in [1.54, 1.807) is 16.9 Å². The van der Waals surface area contributed by atoms with Gasteiger partial charge in [-0.05, 0) is 0 Å². The molecule has 2 heterocycles. The predicted molar refractivity (Wildman–Crippen MR) is 70.0 cm³/mol. The van der Waals surface area contributed by atoms with Gasteiger partial charge >= 0.3 is 0 Å². The molecule has 3 rings (SSSR count). The Morgan fingerprint density at radius 2 is 1.95 bits per heavy atom. The molecule has 0 amide bonds. The lowest BCUT2D eigenvalue weighted by Gasteiger charge is -2.07. The van der Waals surface area contributed by atoms with Gasteiger partial charge in [-0.25, -0.2) is 14.6 Å². The van der Waals surface area contributed by atoms with Crippen molar-refractivity contribution >= 4 is 6.29 Å². The first-order chi connectivity index (χ1) is 9.40. The SMILES string of the molecule is O=Cc1cnn(-c2ccncn2)c1-c1ccccc1. The van der Waals surface area contributed by atoms with Crippen molar-refractivity contribution in [3.63, 3.8) is 0 Å². The second kappa shape index (κ2) is 4.81. The first kappa shape index (κ1) is 11.3. The molecule has 0 aliphatic rings.